The standard InChI is InChI=1S/C25H25N3O2/c1-17-12-13-20(14-18(17)2)30-16-24(29)26-23(15-19-8-4-3-5-9-19)25-27-21-10-6-7-11-22(21)28-25/h3-14,23H,15-16H2,1-2H3,(H,26,29)(H,27,28)/t23-/m0/s1. The zero-order valence-corrected chi connectivity index (χ0v) is 17.2. The number of aromatic nitrogens is 2. The number of para-hydroxylation sites is 2. The first-order chi connectivity index (χ1) is 14.6. The van der Waals surface area contributed by atoms with Crippen molar-refractivity contribution >= 4 is 16.9 Å². The topological polar surface area (TPSA) is 67.0 Å². The van der Waals surface area contributed by atoms with E-state index < -0.39 is 0 Å². The number of imidazole rings is 1. The number of H-pyrrole nitrogens is 1. The number of aromatic amines is 1. The lowest BCUT2D eigenvalue weighted by Gasteiger charge is -2.17. The summed E-state index contributed by atoms with van der Waals surface area (Å²) in [6.07, 6.45) is 0.635. The number of hydrogen-bond donors (Lipinski definition) is 2. The van der Waals surface area contributed by atoms with E-state index in [4.69, 9.17) is 9.72 Å². The molecule has 0 aliphatic carbocycles. The fourth-order valence-electron chi connectivity index (χ4n) is 3.39. The van der Waals surface area contributed by atoms with Crippen molar-refractivity contribution < 1.29 is 9.53 Å². The molecule has 0 saturated carbocycles. The van der Waals surface area contributed by atoms with Gasteiger partial charge in [0.2, 0.25) is 0 Å². The van der Waals surface area contributed by atoms with Gasteiger partial charge in [-0.15, -0.1) is 0 Å². The molecular weight excluding hydrogens is 374 g/mol. The maximum atomic E-state index is 12.7. The Morgan fingerprint density at radius 2 is 1.77 bits per heavy atom. The van der Waals surface area contributed by atoms with Gasteiger partial charge >= 0.3 is 0 Å². The third kappa shape index (κ3) is 4.69. The number of aryl methyl sites for hydroxylation is 2. The molecule has 0 aliphatic heterocycles. The smallest absolute Gasteiger partial charge is 0.258 e. The van der Waals surface area contributed by atoms with Crippen molar-refractivity contribution in [2.24, 2.45) is 0 Å². The number of hydrogen-bond acceptors (Lipinski definition) is 3. The maximum Gasteiger partial charge on any atom is 0.258 e. The third-order valence-electron chi connectivity index (χ3n) is 5.20. The predicted octanol–water partition coefficient (Wildman–Crippen LogP) is 4.66. The summed E-state index contributed by atoms with van der Waals surface area (Å²) in [5.74, 6) is 1.24. The van der Waals surface area contributed by atoms with Crippen LogP contribution in [-0.2, 0) is 11.2 Å². The Balaban J connectivity index is 1.50. The monoisotopic (exact) mass is 399 g/mol. The molecular formula is C25H25N3O2. The second-order valence-corrected chi connectivity index (χ2v) is 7.48. The minimum atomic E-state index is -0.282. The summed E-state index contributed by atoms with van der Waals surface area (Å²) in [7, 11) is 0. The lowest BCUT2D eigenvalue weighted by atomic mass is 10.1. The Labute approximate surface area is 176 Å². The Hall–Kier alpha value is -3.60. The number of fused-ring (bicyclic) bond motifs is 1. The van der Waals surface area contributed by atoms with Gasteiger partial charge in [-0.1, -0.05) is 48.5 Å². The van der Waals surface area contributed by atoms with Crippen molar-refractivity contribution in [2.75, 3.05) is 6.61 Å². The molecule has 0 radical (unpaired) electrons. The van der Waals surface area contributed by atoms with Gasteiger partial charge in [-0.2, -0.15) is 0 Å². The Kier molecular flexibility index (Phi) is 5.80. The van der Waals surface area contributed by atoms with E-state index in [1.54, 1.807) is 0 Å². The molecule has 0 bridgehead atoms. The highest BCUT2D eigenvalue weighted by Crippen LogP contribution is 2.20. The summed E-state index contributed by atoms with van der Waals surface area (Å²) in [5, 5.41) is 3.08. The fraction of sp³-hybridized carbons (Fsp3) is 0.200. The molecule has 5 nitrogen and oxygen atoms in total. The van der Waals surface area contributed by atoms with E-state index in [-0.39, 0.29) is 18.6 Å². The van der Waals surface area contributed by atoms with E-state index in [9.17, 15) is 4.79 Å². The van der Waals surface area contributed by atoms with Gasteiger partial charge < -0.3 is 15.0 Å². The highest BCUT2D eigenvalue weighted by molar-refractivity contribution is 5.78. The molecule has 152 valence electrons. The molecule has 4 rings (SSSR count). The largest absolute Gasteiger partial charge is 0.484 e. The third-order valence-corrected chi connectivity index (χ3v) is 5.20. The molecule has 1 amide bonds. The Bertz CT molecular complexity index is 1120. The molecule has 2 N–H and O–H groups in total. The second kappa shape index (κ2) is 8.82. The summed E-state index contributed by atoms with van der Waals surface area (Å²) in [6, 6.07) is 23.5. The Morgan fingerprint density at radius 1 is 1.00 bits per heavy atom. The number of benzene rings is 3. The number of ether oxygens (including phenoxy) is 1. The molecule has 0 spiro atoms. The molecule has 5 heteroatoms. The van der Waals surface area contributed by atoms with Crippen molar-refractivity contribution in [3.63, 3.8) is 0 Å². The van der Waals surface area contributed by atoms with Crippen molar-refractivity contribution in [1.82, 2.24) is 15.3 Å². The molecule has 4 aromatic rings. The molecule has 1 aromatic heterocycles. The number of nitrogens with one attached hydrogen (secondary N) is 2. The normalized spacial score (nSPS) is 11.9. The van der Waals surface area contributed by atoms with E-state index in [1.807, 2.05) is 86.6 Å². The maximum absolute atomic E-state index is 12.7. The summed E-state index contributed by atoms with van der Waals surface area (Å²) in [6.45, 7) is 4.03. The van der Waals surface area contributed by atoms with Gasteiger partial charge in [0.1, 0.15) is 11.6 Å². The van der Waals surface area contributed by atoms with E-state index in [0.29, 0.717) is 12.2 Å². The zero-order chi connectivity index (χ0) is 20.9. The van der Waals surface area contributed by atoms with Crippen LogP contribution in [0.1, 0.15) is 28.6 Å². The van der Waals surface area contributed by atoms with Crippen LogP contribution >= 0.6 is 0 Å². The van der Waals surface area contributed by atoms with Crippen LogP contribution < -0.4 is 10.1 Å². The highest BCUT2D eigenvalue weighted by atomic mass is 16.5. The van der Waals surface area contributed by atoms with Gasteiger partial charge in [-0.05, 0) is 61.2 Å². The molecule has 0 unspecified atom stereocenters. The molecule has 3 aromatic carbocycles. The van der Waals surface area contributed by atoms with Crippen LogP contribution in [0.15, 0.2) is 72.8 Å². The summed E-state index contributed by atoms with van der Waals surface area (Å²) >= 11 is 0. The SMILES string of the molecule is Cc1ccc(OCC(=O)N[C@@H](Cc2ccccc2)c2nc3ccccc3[nH]2)cc1C. The van der Waals surface area contributed by atoms with Crippen LogP contribution in [0, 0.1) is 13.8 Å². The molecule has 30 heavy (non-hydrogen) atoms. The van der Waals surface area contributed by atoms with Gasteiger partial charge in [-0.3, -0.25) is 4.79 Å². The first-order valence-electron chi connectivity index (χ1n) is 10.1. The van der Waals surface area contributed by atoms with Crippen LogP contribution in [0.3, 0.4) is 0 Å². The average molecular weight is 399 g/mol. The van der Waals surface area contributed by atoms with Gasteiger partial charge in [-0.25, -0.2) is 4.98 Å². The second-order valence-electron chi connectivity index (χ2n) is 7.48. The van der Waals surface area contributed by atoms with E-state index in [2.05, 4.69) is 10.3 Å². The van der Waals surface area contributed by atoms with E-state index >= 15 is 0 Å². The molecule has 0 aliphatic rings. The van der Waals surface area contributed by atoms with Gasteiger partial charge in [0.15, 0.2) is 6.61 Å². The lowest BCUT2D eigenvalue weighted by Crippen LogP contribution is -2.34. The van der Waals surface area contributed by atoms with Crippen LogP contribution in [-0.4, -0.2) is 22.5 Å². The van der Waals surface area contributed by atoms with E-state index in [1.165, 1.54) is 5.56 Å². The number of carbonyl (C=O) groups is 1. The fourth-order valence-corrected chi connectivity index (χ4v) is 3.39. The summed E-state index contributed by atoms with van der Waals surface area (Å²) in [5.41, 5.74) is 5.28. The number of carbonyl (C=O) groups excluding carboxylic acids is 1. The predicted molar refractivity (Wildman–Crippen MR) is 119 cm³/mol. The van der Waals surface area contributed by atoms with Crippen LogP contribution in [0.5, 0.6) is 5.75 Å². The van der Waals surface area contributed by atoms with Crippen molar-refractivity contribution in [3.8, 4) is 5.75 Å². The molecule has 1 atom stereocenters. The Morgan fingerprint density at radius 3 is 2.53 bits per heavy atom. The quantitative estimate of drug-likeness (QED) is 0.475. The zero-order valence-electron chi connectivity index (χ0n) is 17.2. The number of nitrogens with zero attached hydrogens (tertiary/aromatic N) is 1. The molecule has 0 saturated heterocycles. The van der Waals surface area contributed by atoms with E-state index in [0.717, 1.165) is 28.0 Å². The lowest BCUT2D eigenvalue weighted by molar-refractivity contribution is -0.123. The van der Waals surface area contributed by atoms with Crippen LogP contribution in [0.2, 0.25) is 0 Å². The molecule has 0 fully saturated rings. The van der Waals surface area contributed by atoms with Gasteiger partial charge in [0.25, 0.3) is 5.91 Å². The van der Waals surface area contributed by atoms with Crippen molar-refractivity contribution in [1.29, 1.82) is 0 Å². The summed E-state index contributed by atoms with van der Waals surface area (Å²) in [4.78, 5) is 20.7. The minimum Gasteiger partial charge on any atom is -0.484 e. The highest BCUT2D eigenvalue weighted by Gasteiger charge is 2.19. The number of amides is 1. The van der Waals surface area contributed by atoms with Gasteiger partial charge in [0.05, 0.1) is 17.1 Å². The van der Waals surface area contributed by atoms with Crippen molar-refractivity contribution in [3.05, 3.63) is 95.3 Å². The average Bonchev–Trinajstić information content (AvgIpc) is 3.19. The van der Waals surface area contributed by atoms with Crippen molar-refractivity contribution in [2.45, 2.75) is 26.3 Å². The van der Waals surface area contributed by atoms with Crippen LogP contribution in [0.4, 0.5) is 0 Å². The first-order valence-corrected chi connectivity index (χ1v) is 10.1. The number of rotatable bonds is 7. The van der Waals surface area contributed by atoms with Crippen LogP contribution in [0.25, 0.3) is 11.0 Å². The molecule has 1 heterocycles. The first kappa shape index (κ1) is 19.7. The van der Waals surface area contributed by atoms with Gasteiger partial charge in [0, 0.05) is 0 Å². The minimum absolute atomic E-state index is 0.0476. The summed E-state index contributed by atoms with van der Waals surface area (Å²) < 4.78 is 5.71.